The summed E-state index contributed by atoms with van der Waals surface area (Å²) in [4.78, 5) is 0. The molecule has 0 saturated heterocycles. The van der Waals surface area contributed by atoms with Crippen LogP contribution >= 0.6 is 0 Å². The molecule has 2 nitrogen and oxygen atoms in total. The Labute approximate surface area is 111 Å². The van der Waals surface area contributed by atoms with Crippen molar-refractivity contribution in [3.63, 3.8) is 0 Å². The molecule has 2 heteroatoms. The van der Waals surface area contributed by atoms with Crippen LogP contribution in [0.15, 0.2) is 24.3 Å². The van der Waals surface area contributed by atoms with Gasteiger partial charge in [-0.1, -0.05) is 32.9 Å². The van der Waals surface area contributed by atoms with Gasteiger partial charge in [-0.15, -0.1) is 0 Å². The fourth-order valence-corrected chi connectivity index (χ4v) is 2.32. The molecule has 0 radical (unpaired) electrons. The van der Waals surface area contributed by atoms with Crippen LogP contribution in [-0.2, 0) is 0 Å². The summed E-state index contributed by atoms with van der Waals surface area (Å²) in [6, 6.07) is 9.22. The third-order valence-corrected chi connectivity index (χ3v) is 3.47. The molecule has 1 N–H and O–H groups in total. The molecule has 0 amide bonds. The molecule has 0 aromatic heterocycles. The summed E-state index contributed by atoms with van der Waals surface area (Å²) >= 11 is 0. The molecule has 0 bridgehead atoms. The first-order valence-corrected chi connectivity index (χ1v) is 7.16. The van der Waals surface area contributed by atoms with E-state index in [1.807, 2.05) is 0 Å². The second-order valence-electron chi connectivity index (χ2n) is 5.59. The molecule has 1 fully saturated rings. The van der Waals surface area contributed by atoms with Crippen LogP contribution in [-0.4, -0.2) is 19.2 Å². The maximum absolute atomic E-state index is 5.69. The summed E-state index contributed by atoms with van der Waals surface area (Å²) in [5.74, 6) is 2.58. The summed E-state index contributed by atoms with van der Waals surface area (Å²) in [7, 11) is 0. The highest BCUT2D eigenvalue weighted by molar-refractivity contribution is 5.34. The highest BCUT2D eigenvalue weighted by Crippen LogP contribution is 2.47. The number of hydrogen-bond donors (Lipinski definition) is 1. The van der Waals surface area contributed by atoms with Crippen molar-refractivity contribution >= 4 is 0 Å². The summed E-state index contributed by atoms with van der Waals surface area (Å²) in [6.45, 7) is 8.50. The molecule has 2 rings (SSSR count). The van der Waals surface area contributed by atoms with E-state index in [1.165, 1.54) is 12.0 Å². The van der Waals surface area contributed by atoms with Gasteiger partial charge in [0.05, 0.1) is 6.61 Å². The zero-order chi connectivity index (χ0) is 13.0. The smallest absolute Gasteiger partial charge is 0.119 e. The quantitative estimate of drug-likeness (QED) is 0.795. The van der Waals surface area contributed by atoms with E-state index in [1.54, 1.807) is 0 Å². The predicted octanol–water partition coefficient (Wildman–Crippen LogP) is 3.58. The van der Waals surface area contributed by atoms with Gasteiger partial charge in [-0.2, -0.15) is 0 Å². The summed E-state index contributed by atoms with van der Waals surface area (Å²) in [6.07, 6.45) is 2.38. The van der Waals surface area contributed by atoms with E-state index < -0.39 is 0 Å². The third-order valence-electron chi connectivity index (χ3n) is 3.47. The zero-order valence-electron chi connectivity index (χ0n) is 11.8. The normalized spacial score (nSPS) is 22.2. The minimum absolute atomic E-state index is 0.588. The SMILES string of the molecule is CCCOc1cccc(C2CC2CNC(C)C)c1. The predicted molar refractivity (Wildman–Crippen MR) is 76.2 cm³/mol. The molecule has 0 aliphatic heterocycles. The number of nitrogens with one attached hydrogen (secondary N) is 1. The van der Waals surface area contributed by atoms with Gasteiger partial charge in [-0.3, -0.25) is 0 Å². The first-order chi connectivity index (χ1) is 8.70. The Bertz CT molecular complexity index is 375. The van der Waals surface area contributed by atoms with Crippen LogP contribution in [0.25, 0.3) is 0 Å². The second-order valence-corrected chi connectivity index (χ2v) is 5.59. The lowest BCUT2D eigenvalue weighted by Gasteiger charge is -2.08. The number of hydrogen-bond acceptors (Lipinski definition) is 2. The van der Waals surface area contributed by atoms with Crippen LogP contribution in [0, 0.1) is 5.92 Å². The van der Waals surface area contributed by atoms with Crippen molar-refractivity contribution in [2.24, 2.45) is 5.92 Å². The highest BCUT2D eigenvalue weighted by atomic mass is 16.5. The largest absolute Gasteiger partial charge is 0.494 e. The van der Waals surface area contributed by atoms with Gasteiger partial charge in [0.2, 0.25) is 0 Å². The summed E-state index contributed by atoms with van der Waals surface area (Å²) in [5, 5.41) is 3.52. The molecule has 1 aliphatic rings. The summed E-state index contributed by atoms with van der Waals surface area (Å²) in [5.41, 5.74) is 1.44. The van der Waals surface area contributed by atoms with E-state index >= 15 is 0 Å². The Morgan fingerprint density at radius 3 is 2.94 bits per heavy atom. The molecule has 1 aromatic rings. The van der Waals surface area contributed by atoms with Crippen LogP contribution in [0.1, 0.15) is 45.1 Å². The fraction of sp³-hybridized carbons (Fsp3) is 0.625. The number of rotatable bonds is 7. The molecule has 2 atom stereocenters. The van der Waals surface area contributed by atoms with Crippen molar-refractivity contribution in [3.05, 3.63) is 29.8 Å². The Morgan fingerprint density at radius 1 is 1.39 bits per heavy atom. The molecule has 1 aromatic carbocycles. The topological polar surface area (TPSA) is 21.3 Å². The average molecular weight is 247 g/mol. The molecule has 2 unspecified atom stereocenters. The van der Waals surface area contributed by atoms with Gasteiger partial charge in [0.25, 0.3) is 0 Å². The molecule has 1 aliphatic carbocycles. The third kappa shape index (κ3) is 3.74. The van der Waals surface area contributed by atoms with Gasteiger partial charge in [0.1, 0.15) is 5.75 Å². The van der Waals surface area contributed by atoms with Crippen molar-refractivity contribution in [1.82, 2.24) is 5.32 Å². The Kier molecular flexibility index (Phi) is 4.65. The maximum Gasteiger partial charge on any atom is 0.119 e. The second kappa shape index (κ2) is 6.24. The Balaban J connectivity index is 1.86. The van der Waals surface area contributed by atoms with Gasteiger partial charge in [0.15, 0.2) is 0 Å². The van der Waals surface area contributed by atoms with E-state index in [-0.39, 0.29) is 0 Å². The van der Waals surface area contributed by atoms with E-state index in [9.17, 15) is 0 Å². The average Bonchev–Trinajstić information content (AvgIpc) is 3.14. The van der Waals surface area contributed by atoms with Crippen molar-refractivity contribution in [2.45, 2.75) is 45.6 Å². The molecule has 1 saturated carbocycles. The van der Waals surface area contributed by atoms with Crippen LogP contribution < -0.4 is 10.1 Å². The number of ether oxygens (including phenoxy) is 1. The minimum Gasteiger partial charge on any atom is -0.494 e. The summed E-state index contributed by atoms with van der Waals surface area (Å²) < 4.78 is 5.69. The molecule has 100 valence electrons. The molecule has 0 heterocycles. The van der Waals surface area contributed by atoms with Gasteiger partial charge in [0, 0.05) is 6.04 Å². The molecule has 18 heavy (non-hydrogen) atoms. The van der Waals surface area contributed by atoms with Crippen molar-refractivity contribution in [1.29, 1.82) is 0 Å². The lowest BCUT2D eigenvalue weighted by molar-refractivity contribution is 0.317. The fourth-order valence-electron chi connectivity index (χ4n) is 2.32. The zero-order valence-corrected chi connectivity index (χ0v) is 11.8. The standard InChI is InChI=1S/C16H25NO/c1-4-8-18-15-7-5-6-13(9-15)16-10-14(16)11-17-12(2)3/h5-7,9,12,14,16-17H,4,8,10-11H2,1-3H3. The Morgan fingerprint density at radius 2 is 2.22 bits per heavy atom. The van der Waals surface area contributed by atoms with Crippen molar-refractivity contribution in [3.8, 4) is 5.75 Å². The highest BCUT2D eigenvalue weighted by Gasteiger charge is 2.37. The molecule has 0 spiro atoms. The van der Waals surface area contributed by atoms with Gasteiger partial charge >= 0.3 is 0 Å². The van der Waals surface area contributed by atoms with E-state index in [4.69, 9.17) is 4.74 Å². The van der Waals surface area contributed by atoms with E-state index in [2.05, 4.69) is 50.4 Å². The van der Waals surface area contributed by atoms with Crippen molar-refractivity contribution < 1.29 is 4.74 Å². The van der Waals surface area contributed by atoms with E-state index in [0.29, 0.717) is 6.04 Å². The lowest BCUT2D eigenvalue weighted by Crippen LogP contribution is -2.25. The van der Waals surface area contributed by atoms with Gasteiger partial charge in [-0.25, -0.2) is 0 Å². The van der Waals surface area contributed by atoms with Crippen molar-refractivity contribution in [2.75, 3.05) is 13.2 Å². The van der Waals surface area contributed by atoms with Crippen LogP contribution in [0.4, 0.5) is 0 Å². The molecular formula is C16H25NO. The van der Waals surface area contributed by atoms with Gasteiger partial charge in [-0.05, 0) is 48.9 Å². The van der Waals surface area contributed by atoms with Gasteiger partial charge < -0.3 is 10.1 Å². The first-order valence-electron chi connectivity index (χ1n) is 7.16. The van der Waals surface area contributed by atoms with Crippen LogP contribution in [0.3, 0.4) is 0 Å². The monoisotopic (exact) mass is 247 g/mol. The lowest BCUT2D eigenvalue weighted by atomic mass is 10.1. The maximum atomic E-state index is 5.69. The Hall–Kier alpha value is -1.02. The minimum atomic E-state index is 0.588. The van der Waals surface area contributed by atoms with Crippen LogP contribution in [0.5, 0.6) is 5.75 Å². The van der Waals surface area contributed by atoms with E-state index in [0.717, 1.165) is 37.2 Å². The first kappa shape index (κ1) is 13.4. The molecular weight excluding hydrogens is 222 g/mol. The van der Waals surface area contributed by atoms with Crippen LogP contribution in [0.2, 0.25) is 0 Å². The number of benzene rings is 1.